The molecule has 0 saturated carbocycles. The summed E-state index contributed by atoms with van der Waals surface area (Å²) in [5.74, 6) is 0.736. The van der Waals surface area contributed by atoms with E-state index in [2.05, 4.69) is 10.6 Å². The summed E-state index contributed by atoms with van der Waals surface area (Å²) < 4.78 is 10.9. The van der Waals surface area contributed by atoms with Crippen LogP contribution < -0.4 is 20.1 Å². The van der Waals surface area contributed by atoms with Crippen LogP contribution in [0.4, 0.5) is 5.69 Å². The summed E-state index contributed by atoms with van der Waals surface area (Å²) in [5.41, 5.74) is 2.26. The molecule has 0 bridgehead atoms. The second-order valence-corrected chi connectivity index (χ2v) is 7.02. The maximum Gasteiger partial charge on any atom is 0.259 e. The zero-order valence-electron chi connectivity index (χ0n) is 16.8. The molecule has 156 valence electrons. The number of hydrogen-bond acceptors (Lipinski definition) is 5. The van der Waals surface area contributed by atoms with E-state index in [9.17, 15) is 14.4 Å². The Labute approximate surface area is 179 Å². The Morgan fingerprint density at radius 2 is 1.58 bits per heavy atom. The van der Waals surface area contributed by atoms with Crippen LogP contribution in [-0.4, -0.2) is 24.8 Å². The number of nitrogens with one attached hydrogen (secondary N) is 2. The molecule has 0 fully saturated rings. The molecule has 3 aromatic carbocycles. The molecule has 0 atom stereocenters. The molecule has 1 aliphatic rings. The molecule has 0 spiro atoms. The quantitative estimate of drug-likeness (QED) is 0.569. The molecule has 0 radical (unpaired) electrons. The van der Waals surface area contributed by atoms with Crippen molar-refractivity contribution in [1.29, 1.82) is 0 Å². The summed E-state index contributed by atoms with van der Waals surface area (Å²) in [7, 11) is 1.61. The van der Waals surface area contributed by atoms with Crippen LogP contribution in [0.15, 0.2) is 66.7 Å². The molecule has 0 aromatic heterocycles. The topological polar surface area (TPSA) is 93.7 Å². The van der Waals surface area contributed by atoms with Gasteiger partial charge < -0.3 is 14.8 Å². The molecule has 31 heavy (non-hydrogen) atoms. The largest absolute Gasteiger partial charge is 0.497 e. The van der Waals surface area contributed by atoms with Crippen LogP contribution >= 0.6 is 0 Å². The highest BCUT2D eigenvalue weighted by atomic mass is 16.5. The number of anilines is 1. The minimum atomic E-state index is -0.441. The fourth-order valence-electron chi connectivity index (χ4n) is 3.26. The van der Waals surface area contributed by atoms with Gasteiger partial charge in [0.2, 0.25) is 5.91 Å². The number of benzene rings is 3. The molecule has 1 aliphatic heterocycles. The Kier molecular flexibility index (Phi) is 5.66. The highest BCUT2D eigenvalue weighted by Crippen LogP contribution is 2.28. The highest BCUT2D eigenvalue weighted by molar-refractivity contribution is 6.21. The minimum Gasteiger partial charge on any atom is -0.497 e. The molecule has 1 heterocycles. The molecule has 7 heteroatoms. The molecule has 3 aromatic rings. The third-order valence-corrected chi connectivity index (χ3v) is 4.86. The van der Waals surface area contributed by atoms with Crippen LogP contribution in [0.25, 0.3) is 0 Å². The summed E-state index contributed by atoms with van der Waals surface area (Å²) in [6, 6.07) is 19.3. The fourth-order valence-corrected chi connectivity index (χ4v) is 3.26. The lowest BCUT2D eigenvalue weighted by Gasteiger charge is -2.10. The third kappa shape index (κ3) is 4.72. The Morgan fingerprint density at radius 1 is 0.871 bits per heavy atom. The first kappa shape index (κ1) is 20.2. The van der Waals surface area contributed by atoms with E-state index >= 15 is 0 Å². The second-order valence-electron chi connectivity index (χ2n) is 7.02. The van der Waals surface area contributed by atoms with E-state index in [1.807, 2.05) is 24.3 Å². The lowest BCUT2D eigenvalue weighted by Crippen LogP contribution is -2.19. The number of aryl methyl sites for hydroxylation is 1. The maximum atomic E-state index is 12.3. The van der Waals surface area contributed by atoms with Crippen molar-refractivity contribution in [3.05, 3.63) is 83.4 Å². The van der Waals surface area contributed by atoms with Gasteiger partial charge in [0.1, 0.15) is 17.2 Å². The molecule has 0 aliphatic carbocycles. The number of fused-ring (bicyclic) bond motifs is 1. The van der Waals surface area contributed by atoms with Crippen molar-refractivity contribution in [3.8, 4) is 17.2 Å². The van der Waals surface area contributed by atoms with Gasteiger partial charge in [0, 0.05) is 18.2 Å². The molecular formula is C24H20N2O5. The van der Waals surface area contributed by atoms with Gasteiger partial charge in [-0.05, 0) is 54.4 Å². The number of carbonyl (C=O) groups is 3. The number of amides is 3. The zero-order valence-corrected chi connectivity index (χ0v) is 16.8. The van der Waals surface area contributed by atoms with Crippen LogP contribution in [-0.2, 0) is 11.2 Å². The second kappa shape index (κ2) is 8.71. The Bertz CT molecular complexity index is 1150. The van der Waals surface area contributed by atoms with Crippen molar-refractivity contribution < 1.29 is 23.9 Å². The summed E-state index contributed by atoms with van der Waals surface area (Å²) in [5, 5.41) is 5.11. The van der Waals surface area contributed by atoms with Gasteiger partial charge in [-0.15, -0.1) is 0 Å². The van der Waals surface area contributed by atoms with Crippen LogP contribution in [0.1, 0.15) is 32.7 Å². The first-order valence-corrected chi connectivity index (χ1v) is 9.72. The van der Waals surface area contributed by atoms with Gasteiger partial charge in [-0.2, -0.15) is 0 Å². The summed E-state index contributed by atoms with van der Waals surface area (Å²) >= 11 is 0. The Morgan fingerprint density at radius 3 is 2.35 bits per heavy atom. The van der Waals surface area contributed by atoms with E-state index in [1.54, 1.807) is 43.5 Å². The molecule has 0 saturated heterocycles. The fraction of sp³-hybridized carbons (Fsp3) is 0.125. The van der Waals surface area contributed by atoms with Gasteiger partial charge >= 0.3 is 0 Å². The van der Waals surface area contributed by atoms with Crippen LogP contribution in [0, 0.1) is 0 Å². The van der Waals surface area contributed by atoms with E-state index in [1.165, 1.54) is 6.07 Å². The van der Waals surface area contributed by atoms with Crippen molar-refractivity contribution in [1.82, 2.24) is 5.32 Å². The highest BCUT2D eigenvalue weighted by Gasteiger charge is 2.26. The predicted octanol–water partition coefficient (Wildman–Crippen LogP) is 3.94. The van der Waals surface area contributed by atoms with Crippen molar-refractivity contribution >= 4 is 23.4 Å². The van der Waals surface area contributed by atoms with Gasteiger partial charge in [0.05, 0.1) is 18.2 Å². The van der Waals surface area contributed by atoms with Crippen LogP contribution in [0.2, 0.25) is 0 Å². The van der Waals surface area contributed by atoms with Crippen molar-refractivity contribution in [2.45, 2.75) is 12.8 Å². The van der Waals surface area contributed by atoms with E-state index in [-0.39, 0.29) is 11.5 Å². The van der Waals surface area contributed by atoms with Crippen LogP contribution in [0.3, 0.4) is 0 Å². The number of imide groups is 1. The summed E-state index contributed by atoms with van der Waals surface area (Å²) in [6.45, 7) is 0. The third-order valence-electron chi connectivity index (χ3n) is 4.86. The first-order chi connectivity index (χ1) is 15.0. The average Bonchev–Trinajstić information content (AvgIpc) is 3.06. The maximum absolute atomic E-state index is 12.3. The van der Waals surface area contributed by atoms with Crippen molar-refractivity contribution in [2.24, 2.45) is 0 Å². The first-order valence-electron chi connectivity index (χ1n) is 9.72. The number of hydrogen-bond donors (Lipinski definition) is 2. The van der Waals surface area contributed by atoms with Crippen molar-refractivity contribution in [2.75, 3.05) is 12.4 Å². The smallest absolute Gasteiger partial charge is 0.259 e. The number of rotatable bonds is 7. The number of methoxy groups -OCH3 is 1. The van der Waals surface area contributed by atoms with E-state index in [4.69, 9.17) is 9.47 Å². The van der Waals surface area contributed by atoms with E-state index < -0.39 is 11.8 Å². The minimum absolute atomic E-state index is 0.110. The van der Waals surface area contributed by atoms with E-state index in [0.29, 0.717) is 35.6 Å². The SMILES string of the molecule is COc1ccc(CCC(=O)Nc2cccc(Oc3ccc4c(c3)C(=O)NC4=O)c2)cc1. The summed E-state index contributed by atoms with van der Waals surface area (Å²) in [4.78, 5) is 35.8. The molecule has 4 rings (SSSR count). The number of ether oxygens (including phenoxy) is 2. The number of carbonyl (C=O) groups excluding carboxylic acids is 3. The Hall–Kier alpha value is -4.13. The summed E-state index contributed by atoms with van der Waals surface area (Å²) in [6.07, 6.45) is 0.952. The molecule has 0 unspecified atom stereocenters. The monoisotopic (exact) mass is 416 g/mol. The van der Waals surface area contributed by atoms with Crippen LogP contribution in [0.5, 0.6) is 17.2 Å². The predicted molar refractivity (Wildman–Crippen MR) is 115 cm³/mol. The van der Waals surface area contributed by atoms with Gasteiger partial charge in [-0.25, -0.2) is 0 Å². The average molecular weight is 416 g/mol. The molecule has 3 amide bonds. The van der Waals surface area contributed by atoms with Gasteiger partial charge in [0.25, 0.3) is 11.8 Å². The lowest BCUT2D eigenvalue weighted by molar-refractivity contribution is -0.116. The van der Waals surface area contributed by atoms with Gasteiger partial charge in [0.15, 0.2) is 0 Å². The Balaban J connectivity index is 1.37. The molecule has 2 N–H and O–H groups in total. The molecule has 7 nitrogen and oxygen atoms in total. The van der Waals surface area contributed by atoms with Gasteiger partial charge in [-0.3, -0.25) is 19.7 Å². The molecular weight excluding hydrogens is 396 g/mol. The lowest BCUT2D eigenvalue weighted by atomic mass is 10.1. The normalized spacial score (nSPS) is 12.2. The van der Waals surface area contributed by atoms with Gasteiger partial charge in [-0.1, -0.05) is 18.2 Å². The zero-order chi connectivity index (χ0) is 21.8. The van der Waals surface area contributed by atoms with Crippen molar-refractivity contribution in [3.63, 3.8) is 0 Å². The van der Waals surface area contributed by atoms with E-state index in [0.717, 1.165) is 11.3 Å². The standard InChI is InChI=1S/C24H20N2O5/c1-30-17-8-5-15(6-9-17)7-12-22(27)25-16-3-2-4-18(13-16)31-19-10-11-20-21(14-19)24(29)26-23(20)28/h2-6,8-11,13-14H,7,12H2,1H3,(H,25,27)(H,26,28,29).